The highest BCUT2D eigenvalue weighted by molar-refractivity contribution is 9.10. The van der Waals surface area contributed by atoms with Crippen molar-refractivity contribution in [2.75, 3.05) is 5.32 Å². The van der Waals surface area contributed by atoms with E-state index in [9.17, 15) is 9.59 Å². The van der Waals surface area contributed by atoms with Crippen LogP contribution < -0.4 is 15.4 Å². The summed E-state index contributed by atoms with van der Waals surface area (Å²) >= 11 is 4.66. The molecule has 5 rings (SSSR count). The zero-order valence-electron chi connectivity index (χ0n) is 12.0. The monoisotopic (exact) mass is 397 g/mol. The molecule has 5 nitrogen and oxygen atoms in total. The van der Waals surface area contributed by atoms with Crippen LogP contribution in [0.1, 0.15) is 5.56 Å². The van der Waals surface area contributed by atoms with E-state index >= 15 is 0 Å². The Morgan fingerprint density at radius 1 is 1.12 bits per heavy atom. The van der Waals surface area contributed by atoms with Crippen LogP contribution in [-0.4, -0.2) is 15.3 Å². The molecule has 3 heterocycles. The van der Waals surface area contributed by atoms with E-state index in [1.165, 1.54) is 11.3 Å². The van der Waals surface area contributed by atoms with Gasteiger partial charge in [-0.25, -0.2) is 9.38 Å². The summed E-state index contributed by atoms with van der Waals surface area (Å²) in [4.78, 5) is 30.5. The average molecular weight is 398 g/mol. The van der Waals surface area contributed by atoms with E-state index in [1.54, 1.807) is 4.40 Å². The van der Waals surface area contributed by atoms with Crippen LogP contribution in [0.25, 0.3) is 21.6 Å². The molecule has 1 N–H and O–H groups in total. The third kappa shape index (κ3) is 1.76. The van der Waals surface area contributed by atoms with Gasteiger partial charge in [0.1, 0.15) is 4.53 Å². The Balaban J connectivity index is 1.95. The summed E-state index contributed by atoms with van der Waals surface area (Å²) in [6.07, 6.45) is 0. The number of fused-ring (bicyclic) bond motifs is 4. The van der Waals surface area contributed by atoms with E-state index in [-0.39, 0.29) is 11.5 Å². The zero-order valence-corrected chi connectivity index (χ0v) is 14.4. The van der Waals surface area contributed by atoms with Gasteiger partial charge in [-0.3, -0.25) is 9.59 Å². The van der Waals surface area contributed by atoms with Crippen LogP contribution in [0, 0.1) is 0 Å². The van der Waals surface area contributed by atoms with Gasteiger partial charge in [0.05, 0.1) is 16.6 Å². The van der Waals surface area contributed by atoms with E-state index in [2.05, 4.69) is 26.2 Å². The SMILES string of the molecule is O=C1Nc2ccc(Br)cc2/C1=c1\sc2nc3ccccc3n2c1=O. The molecule has 0 spiro atoms. The first-order valence-electron chi connectivity index (χ1n) is 7.19. The lowest BCUT2D eigenvalue weighted by Crippen LogP contribution is -2.27. The third-order valence-corrected chi connectivity index (χ3v) is 5.61. The molecule has 0 radical (unpaired) electrons. The first-order valence-corrected chi connectivity index (χ1v) is 8.80. The van der Waals surface area contributed by atoms with Crippen molar-refractivity contribution in [1.29, 1.82) is 0 Å². The lowest BCUT2D eigenvalue weighted by molar-refractivity contribution is -0.110. The summed E-state index contributed by atoms with van der Waals surface area (Å²) in [7, 11) is 0. The van der Waals surface area contributed by atoms with Crippen molar-refractivity contribution in [2.24, 2.45) is 0 Å². The summed E-state index contributed by atoms with van der Waals surface area (Å²) in [5, 5.41) is 2.82. The standard InChI is InChI=1S/C17H8BrN3O2S/c18-8-5-6-10-9(7-8)13(15(22)19-10)14-16(23)21-12-4-2-1-3-11(12)20-17(21)24-14/h1-7H,(H,19,22)/b14-13+. The van der Waals surface area contributed by atoms with Gasteiger partial charge in [0.25, 0.3) is 11.5 Å². The predicted octanol–water partition coefficient (Wildman–Crippen LogP) is 2.54. The number of thiazole rings is 1. The Labute approximate surface area is 147 Å². The molecular formula is C17H8BrN3O2S. The Morgan fingerprint density at radius 3 is 2.83 bits per heavy atom. The molecule has 2 aromatic carbocycles. The van der Waals surface area contributed by atoms with Crippen LogP contribution in [0.15, 0.2) is 51.7 Å². The second kappa shape index (κ2) is 4.75. The fraction of sp³-hybridized carbons (Fsp3) is 0. The molecule has 0 atom stereocenters. The predicted molar refractivity (Wildman–Crippen MR) is 97.3 cm³/mol. The van der Waals surface area contributed by atoms with Crippen LogP contribution in [0.3, 0.4) is 0 Å². The fourth-order valence-electron chi connectivity index (χ4n) is 3.03. The van der Waals surface area contributed by atoms with E-state index in [4.69, 9.17) is 0 Å². The zero-order chi connectivity index (χ0) is 16.4. The van der Waals surface area contributed by atoms with Crippen LogP contribution in [0.5, 0.6) is 0 Å². The van der Waals surface area contributed by atoms with Gasteiger partial charge in [0, 0.05) is 15.7 Å². The van der Waals surface area contributed by atoms with Gasteiger partial charge < -0.3 is 5.32 Å². The largest absolute Gasteiger partial charge is 0.321 e. The number of hydrogen-bond donors (Lipinski definition) is 1. The molecule has 0 fully saturated rings. The Morgan fingerprint density at radius 2 is 1.96 bits per heavy atom. The van der Waals surface area contributed by atoms with Gasteiger partial charge >= 0.3 is 0 Å². The highest BCUT2D eigenvalue weighted by atomic mass is 79.9. The molecule has 116 valence electrons. The van der Waals surface area contributed by atoms with Crippen molar-refractivity contribution in [2.45, 2.75) is 0 Å². The lowest BCUT2D eigenvalue weighted by atomic mass is 10.1. The Kier molecular flexibility index (Phi) is 2.75. The molecule has 0 bridgehead atoms. The van der Waals surface area contributed by atoms with Gasteiger partial charge in [0.2, 0.25) is 0 Å². The number of para-hydroxylation sites is 2. The van der Waals surface area contributed by atoms with Crippen molar-refractivity contribution in [1.82, 2.24) is 9.38 Å². The van der Waals surface area contributed by atoms with E-state index in [1.807, 2.05) is 42.5 Å². The maximum Gasteiger partial charge on any atom is 0.275 e. The van der Waals surface area contributed by atoms with Gasteiger partial charge in [-0.05, 0) is 30.3 Å². The number of benzene rings is 2. The molecule has 0 aliphatic carbocycles. The maximum atomic E-state index is 13.0. The number of nitrogens with zero attached hydrogens (tertiary/aromatic N) is 2. The molecule has 7 heteroatoms. The fourth-order valence-corrected chi connectivity index (χ4v) is 4.47. The van der Waals surface area contributed by atoms with Crippen molar-refractivity contribution < 1.29 is 4.79 Å². The van der Waals surface area contributed by atoms with Crippen molar-refractivity contribution in [3.05, 3.63) is 67.4 Å². The van der Waals surface area contributed by atoms with E-state index in [0.717, 1.165) is 21.1 Å². The van der Waals surface area contributed by atoms with Crippen LogP contribution >= 0.6 is 27.3 Å². The van der Waals surface area contributed by atoms with Crippen LogP contribution in [-0.2, 0) is 4.79 Å². The molecular weight excluding hydrogens is 390 g/mol. The topological polar surface area (TPSA) is 63.5 Å². The quantitative estimate of drug-likeness (QED) is 0.495. The summed E-state index contributed by atoms with van der Waals surface area (Å²) in [6.45, 7) is 0. The van der Waals surface area contributed by atoms with Crippen LogP contribution in [0.4, 0.5) is 5.69 Å². The summed E-state index contributed by atoms with van der Waals surface area (Å²) < 4.78 is 2.85. The highest BCUT2D eigenvalue weighted by Crippen LogP contribution is 2.32. The van der Waals surface area contributed by atoms with Gasteiger partial charge in [0.15, 0.2) is 4.96 Å². The number of carbonyl (C=O) groups excluding carboxylic acids is 1. The molecule has 1 aliphatic heterocycles. The van der Waals surface area contributed by atoms with E-state index < -0.39 is 0 Å². The number of halogens is 1. The van der Waals surface area contributed by atoms with Crippen molar-refractivity contribution in [3.8, 4) is 0 Å². The molecule has 4 aromatic rings. The lowest BCUT2D eigenvalue weighted by Gasteiger charge is -1.97. The third-order valence-electron chi connectivity index (χ3n) is 4.07. The first kappa shape index (κ1) is 13.9. The summed E-state index contributed by atoms with van der Waals surface area (Å²) in [6, 6.07) is 13.0. The Bertz CT molecular complexity index is 1290. The number of rotatable bonds is 0. The summed E-state index contributed by atoms with van der Waals surface area (Å²) in [5.41, 5.74) is 3.19. The minimum atomic E-state index is -0.256. The van der Waals surface area contributed by atoms with Crippen LogP contribution in [0.2, 0.25) is 0 Å². The number of imidazole rings is 1. The minimum Gasteiger partial charge on any atom is -0.321 e. The number of nitrogens with one attached hydrogen (secondary N) is 1. The van der Waals surface area contributed by atoms with E-state index in [0.29, 0.717) is 20.8 Å². The molecule has 1 aliphatic rings. The van der Waals surface area contributed by atoms with Gasteiger partial charge in [-0.15, -0.1) is 0 Å². The molecule has 2 aromatic heterocycles. The minimum absolute atomic E-state index is 0.207. The number of aromatic nitrogens is 2. The molecule has 24 heavy (non-hydrogen) atoms. The second-order valence-electron chi connectivity index (χ2n) is 5.47. The average Bonchev–Trinajstić information content (AvgIpc) is 3.17. The van der Waals surface area contributed by atoms with Crippen molar-refractivity contribution in [3.63, 3.8) is 0 Å². The normalized spacial score (nSPS) is 16.0. The molecule has 0 unspecified atom stereocenters. The summed E-state index contributed by atoms with van der Waals surface area (Å²) in [5.74, 6) is -0.256. The smallest absolute Gasteiger partial charge is 0.275 e. The molecule has 0 saturated carbocycles. The Hall–Kier alpha value is -2.51. The molecule has 1 amide bonds. The van der Waals surface area contributed by atoms with Gasteiger partial charge in [-0.1, -0.05) is 39.4 Å². The molecule has 0 saturated heterocycles. The maximum absolute atomic E-state index is 13.0. The number of hydrogen-bond acceptors (Lipinski definition) is 4. The number of carbonyl (C=O) groups is 1. The number of anilines is 1. The van der Waals surface area contributed by atoms with Gasteiger partial charge in [-0.2, -0.15) is 0 Å². The first-order chi connectivity index (χ1) is 11.6. The number of amides is 1. The van der Waals surface area contributed by atoms with Crippen molar-refractivity contribution >= 4 is 60.4 Å². The highest BCUT2D eigenvalue weighted by Gasteiger charge is 2.27. The second-order valence-corrected chi connectivity index (χ2v) is 7.37.